The second-order valence-electron chi connectivity index (χ2n) is 3.82. The molecule has 2 heterocycles. The minimum Gasteiger partial charge on any atom is -0.481 e. The Balaban J connectivity index is 1.94. The van der Waals surface area contributed by atoms with Gasteiger partial charge in [0.1, 0.15) is 6.54 Å². The van der Waals surface area contributed by atoms with E-state index in [1.807, 2.05) is 0 Å². The van der Waals surface area contributed by atoms with Crippen LogP contribution in [0.5, 0.6) is 5.88 Å². The molecule has 1 amide bonds. The minimum absolute atomic E-state index is 0.0644. The summed E-state index contributed by atoms with van der Waals surface area (Å²) in [6.45, 7) is 1.70. The van der Waals surface area contributed by atoms with Crippen molar-refractivity contribution in [2.75, 3.05) is 12.5 Å². The first-order valence-electron chi connectivity index (χ1n) is 5.67. The van der Waals surface area contributed by atoms with Crippen molar-refractivity contribution >= 4 is 23.2 Å². The minimum atomic E-state index is -0.375. The predicted octanol–water partition coefficient (Wildman–Crippen LogP) is 0.160. The third-order valence-electron chi connectivity index (χ3n) is 2.43. The van der Waals surface area contributed by atoms with Crippen molar-refractivity contribution in [1.29, 1.82) is 0 Å². The summed E-state index contributed by atoms with van der Waals surface area (Å²) in [6.07, 6.45) is 1.49. The molecule has 0 aliphatic rings. The molecule has 0 radical (unpaired) electrons. The number of carbonyl (C=O) groups excluding carboxylic acids is 1. The molecule has 0 bridgehead atoms. The van der Waals surface area contributed by atoms with Crippen LogP contribution in [0.1, 0.15) is 5.69 Å². The van der Waals surface area contributed by atoms with E-state index in [9.17, 15) is 9.59 Å². The van der Waals surface area contributed by atoms with Crippen LogP contribution in [0.25, 0.3) is 0 Å². The molecule has 0 spiro atoms. The molecule has 0 atom stereocenters. The summed E-state index contributed by atoms with van der Waals surface area (Å²) >= 11 is 1.06. The Hall–Kier alpha value is -2.42. The smallest absolute Gasteiger partial charge is 0.307 e. The van der Waals surface area contributed by atoms with Gasteiger partial charge in [0.25, 0.3) is 5.91 Å². The largest absolute Gasteiger partial charge is 0.481 e. The highest BCUT2D eigenvalue weighted by atomic mass is 32.1. The van der Waals surface area contributed by atoms with Crippen molar-refractivity contribution in [1.82, 2.24) is 20.0 Å². The fourth-order valence-corrected chi connectivity index (χ4v) is 2.16. The van der Waals surface area contributed by atoms with Crippen LogP contribution in [-0.4, -0.2) is 27.6 Å². The summed E-state index contributed by atoms with van der Waals surface area (Å²) in [5.74, 6) is 0.203. The lowest BCUT2D eigenvalue weighted by Gasteiger charge is -2.08. The van der Waals surface area contributed by atoms with Gasteiger partial charge >= 0.3 is 4.87 Å². The van der Waals surface area contributed by atoms with Crippen molar-refractivity contribution in [3.8, 4) is 5.88 Å². The number of ether oxygens (including phenoxy) is 1. The van der Waals surface area contributed by atoms with E-state index >= 15 is 0 Å². The van der Waals surface area contributed by atoms with Crippen molar-refractivity contribution in [2.24, 2.45) is 0 Å². The first-order chi connectivity index (χ1) is 9.60. The van der Waals surface area contributed by atoms with Gasteiger partial charge in [-0.05, 0) is 6.92 Å². The third-order valence-corrected chi connectivity index (χ3v) is 3.31. The number of methoxy groups -OCH3 is 1. The molecule has 0 aromatic carbocycles. The fraction of sp³-hybridized carbons (Fsp3) is 0.273. The molecule has 2 rings (SSSR count). The summed E-state index contributed by atoms with van der Waals surface area (Å²) < 4.78 is 6.31. The summed E-state index contributed by atoms with van der Waals surface area (Å²) in [5.41, 5.74) is 5.72. The molecule has 0 aliphatic carbocycles. The second kappa shape index (κ2) is 6.15. The van der Waals surface area contributed by atoms with Crippen LogP contribution in [0.2, 0.25) is 0 Å². The van der Waals surface area contributed by atoms with Crippen LogP contribution >= 0.6 is 11.3 Å². The van der Waals surface area contributed by atoms with Crippen LogP contribution in [0, 0.1) is 6.92 Å². The van der Waals surface area contributed by atoms with Crippen LogP contribution in [0.4, 0.5) is 5.95 Å². The molecule has 2 N–H and O–H groups in total. The van der Waals surface area contributed by atoms with Gasteiger partial charge in [-0.25, -0.2) is 4.98 Å². The number of nitrogens with zero attached hydrogens (tertiary/aromatic N) is 3. The number of hydrazine groups is 1. The monoisotopic (exact) mass is 295 g/mol. The summed E-state index contributed by atoms with van der Waals surface area (Å²) in [5, 5.41) is 1.70. The average Bonchev–Trinajstić information content (AvgIpc) is 2.77. The molecule has 106 valence electrons. The number of nitrogens with one attached hydrogen (secondary N) is 2. The Labute approximate surface area is 118 Å². The average molecular weight is 295 g/mol. The molecule has 8 nitrogen and oxygen atoms in total. The van der Waals surface area contributed by atoms with Crippen molar-refractivity contribution < 1.29 is 9.53 Å². The molecular weight excluding hydrogens is 282 g/mol. The molecule has 0 aliphatic heterocycles. The molecule has 0 saturated heterocycles. The van der Waals surface area contributed by atoms with Gasteiger partial charge in [0.05, 0.1) is 7.11 Å². The summed E-state index contributed by atoms with van der Waals surface area (Å²) in [4.78, 5) is 30.9. The number of carbonyl (C=O) groups is 1. The lowest BCUT2D eigenvalue weighted by Crippen LogP contribution is -2.35. The normalized spacial score (nSPS) is 10.1. The number of aromatic nitrogens is 3. The Morgan fingerprint density at radius 1 is 1.55 bits per heavy atom. The van der Waals surface area contributed by atoms with Crippen LogP contribution in [-0.2, 0) is 11.3 Å². The fourth-order valence-electron chi connectivity index (χ4n) is 1.42. The lowest BCUT2D eigenvalue weighted by molar-refractivity contribution is -0.121. The van der Waals surface area contributed by atoms with Gasteiger partial charge in [-0.15, -0.1) is 0 Å². The van der Waals surface area contributed by atoms with Crippen molar-refractivity contribution in [3.05, 3.63) is 33.0 Å². The van der Waals surface area contributed by atoms with Gasteiger partial charge in [0.15, 0.2) is 0 Å². The quantitative estimate of drug-likeness (QED) is 0.763. The zero-order valence-corrected chi connectivity index (χ0v) is 11.7. The lowest BCUT2D eigenvalue weighted by atomic mass is 10.5. The number of hydrogen-bond acceptors (Lipinski definition) is 7. The van der Waals surface area contributed by atoms with Crippen LogP contribution in [0.3, 0.4) is 0 Å². The zero-order chi connectivity index (χ0) is 14.5. The molecular formula is C11H13N5O3S. The van der Waals surface area contributed by atoms with E-state index in [1.54, 1.807) is 18.4 Å². The van der Waals surface area contributed by atoms with Gasteiger partial charge in [-0.3, -0.25) is 25.0 Å². The molecule has 0 unspecified atom stereocenters. The molecule has 0 fully saturated rings. The number of hydrogen-bond donors (Lipinski definition) is 2. The summed E-state index contributed by atoms with van der Waals surface area (Å²) in [6, 6.07) is 1.58. The van der Waals surface area contributed by atoms with E-state index in [1.165, 1.54) is 17.9 Å². The predicted molar refractivity (Wildman–Crippen MR) is 73.7 cm³/mol. The molecule has 2 aromatic rings. The topological polar surface area (TPSA) is 98.1 Å². The number of aryl methyl sites for hydroxylation is 1. The van der Waals surface area contributed by atoms with E-state index in [0.717, 1.165) is 17.0 Å². The molecule has 9 heteroatoms. The van der Waals surface area contributed by atoms with Gasteiger partial charge in [0, 0.05) is 23.3 Å². The number of thiazole rings is 1. The van der Waals surface area contributed by atoms with Gasteiger partial charge in [0.2, 0.25) is 11.8 Å². The van der Waals surface area contributed by atoms with E-state index in [4.69, 9.17) is 4.74 Å². The van der Waals surface area contributed by atoms with Crippen LogP contribution in [0.15, 0.2) is 22.4 Å². The van der Waals surface area contributed by atoms with Gasteiger partial charge in [-0.1, -0.05) is 11.3 Å². The van der Waals surface area contributed by atoms with E-state index < -0.39 is 0 Å². The van der Waals surface area contributed by atoms with Gasteiger partial charge < -0.3 is 4.74 Å². The molecule has 2 aromatic heterocycles. The summed E-state index contributed by atoms with van der Waals surface area (Å²) in [7, 11) is 1.48. The SMILES string of the molecule is COc1ccnc(NNC(=O)Cn2c(C)csc2=O)n1. The third kappa shape index (κ3) is 3.32. The highest BCUT2D eigenvalue weighted by Crippen LogP contribution is 2.06. The van der Waals surface area contributed by atoms with Gasteiger partial charge in [-0.2, -0.15) is 4.98 Å². The highest BCUT2D eigenvalue weighted by Gasteiger charge is 2.08. The maximum atomic E-state index is 11.7. The van der Waals surface area contributed by atoms with E-state index in [-0.39, 0.29) is 23.3 Å². The maximum Gasteiger partial charge on any atom is 0.307 e. The highest BCUT2D eigenvalue weighted by molar-refractivity contribution is 7.07. The van der Waals surface area contributed by atoms with Crippen molar-refractivity contribution in [3.63, 3.8) is 0 Å². The first-order valence-corrected chi connectivity index (χ1v) is 6.55. The second-order valence-corrected chi connectivity index (χ2v) is 4.65. The maximum absolute atomic E-state index is 11.7. The number of amides is 1. The Kier molecular flexibility index (Phi) is 4.31. The van der Waals surface area contributed by atoms with E-state index in [2.05, 4.69) is 20.8 Å². The Morgan fingerprint density at radius 3 is 3.00 bits per heavy atom. The zero-order valence-electron chi connectivity index (χ0n) is 10.9. The number of rotatable bonds is 5. The van der Waals surface area contributed by atoms with Crippen LogP contribution < -0.4 is 20.5 Å². The Bertz CT molecular complexity index is 666. The number of anilines is 1. The molecule has 0 saturated carbocycles. The standard InChI is InChI=1S/C11H13N5O3S/c1-7-6-20-11(18)16(7)5-8(17)14-15-10-12-4-3-9(13-10)19-2/h3-4,6H,5H2,1-2H3,(H,14,17)(H,12,13,15). The Morgan fingerprint density at radius 2 is 2.35 bits per heavy atom. The van der Waals surface area contributed by atoms with E-state index in [0.29, 0.717) is 5.88 Å². The first kappa shape index (κ1) is 14.0. The molecule has 20 heavy (non-hydrogen) atoms. The van der Waals surface area contributed by atoms with Crippen molar-refractivity contribution in [2.45, 2.75) is 13.5 Å².